The quantitative estimate of drug-likeness (QED) is 0.405. The number of hydrogen-bond donors (Lipinski definition) is 1. The Hall–Kier alpha value is -0.730. The summed E-state index contributed by atoms with van der Waals surface area (Å²) in [5.74, 6) is -1.01. The van der Waals surface area contributed by atoms with Gasteiger partial charge in [-0.25, -0.2) is 4.79 Å². The molecule has 0 heterocycles. The summed E-state index contributed by atoms with van der Waals surface area (Å²) in [5.41, 5.74) is 0. The standard InChI is InChI=1S/C15H30O7/c1-3-5-18-7-9-20-11-14(22-13-15(16)17)12-21-10-8-19-6-4-2/h14H,3-13H2,1-2H3,(H,16,17). The lowest BCUT2D eigenvalue weighted by atomic mass is 10.4. The molecule has 0 radical (unpaired) electrons. The number of hydrogen-bond acceptors (Lipinski definition) is 6. The van der Waals surface area contributed by atoms with Crippen molar-refractivity contribution in [3.63, 3.8) is 0 Å². The fourth-order valence-electron chi connectivity index (χ4n) is 1.49. The second kappa shape index (κ2) is 16.6. The van der Waals surface area contributed by atoms with Gasteiger partial charge in [-0.3, -0.25) is 0 Å². The molecule has 0 saturated heterocycles. The van der Waals surface area contributed by atoms with Crippen LogP contribution in [-0.4, -0.2) is 76.6 Å². The number of carboxylic acids is 1. The molecular weight excluding hydrogens is 292 g/mol. The van der Waals surface area contributed by atoms with E-state index in [1.165, 1.54) is 0 Å². The van der Waals surface area contributed by atoms with Crippen LogP contribution < -0.4 is 0 Å². The molecule has 22 heavy (non-hydrogen) atoms. The molecule has 0 aliphatic rings. The molecule has 0 saturated carbocycles. The molecule has 0 bridgehead atoms. The topological polar surface area (TPSA) is 83.5 Å². The van der Waals surface area contributed by atoms with Crippen LogP contribution in [0.2, 0.25) is 0 Å². The van der Waals surface area contributed by atoms with E-state index < -0.39 is 12.1 Å². The number of carbonyl (C=O) groups is 1. The Kier molecular flexibility index (Phi) is 16.1. The van der Waals surface area contributed by atoms with E-state index in [1.807, 2.05) is 13.8 Å². The van der Waals surface area contributed by atoms with Crippen molar-refractivity contribution in [2.24, 2.45) is 0 Å². The first kappa shape index (κ1) is 21.3. The van der Waals surface area contributed by atoms with Gasteiger partial charge in [0, 0.05) is 13.2 Å². The van der Waals surface area contributed by atoms with Crippen molar-refractivity contribution in [2.45, 2.75) is 32.8 Å². The van der Waals surface area contributed by atoms with Crippen molar-refractivity contribution in [1.82, 2.24) is 0 Å². The molecule has 7 nitrogen and oxygen atoms in total. The fraction of sp³-hybridized carbons (Fsp3) is 0.933. The molecule has 0 atom stereocenters. The van der Waals surface area contributed by atoms with Crippen LogP contribution in [0.4, 0.5) is 0 Å². The van der Waals surface area contributed by atoms with E-state index in [9.17, 15) is 4.79 Å². The number of carboxylic acid groups (broad SMARTS) is 1. The second-order valence-corrected chi connectivity index (χ2v) is 4.70. The summed E-state index contributed by atoms with van der Waals surface area (Å²) >= 11 is 0. The first-order valence-corrected chi connectivity index (χ1v) is 7.85. The maximum atomic E-state index is 10.6. The molecule has 0 aromatic carbocycles. The van der Waals surface area contributed by atoms with Gasteiger partial charge in [0.15, 0.2) is 0 Å². The Balaban J connectivity index is 3.72. The van der Waals surface area contributed by atoms with E-state index in [4.69, 9.17) is 28.8 Å². The molecule has 0 fully saturated rings. The van der Waals surface area contributed by atoms with E-state index >= 15 is 0 Å². The summed E-state index contributed by atoms with van der Waals surface area (Å²) in [6, 6.07) is 0. The minimum absolute atomic E-state index is 0.276. The van der Waals surface area contributed by atoms with Crippen LogP contribution in [0.5, 0.6) is 0 Å². The third-order valence-electron chi connectivity index (χ3n) is 2.49. The monoisotopic (exact) mass is 322 g/mol. The summed E-state index contributed by atoms with van der Waals surface area (Å²) in [4.78, 5) is 10.6. The van der Waals surface area contributed by atoms with Crippen LogP contribution in [0.3, 0.4) is 0 Å². The minimum Gasteiger partial charge on any atom is -0.480 e. The van der Waals surface area contributed by atoms with Crippen LogP contribution in [-0.2, 0) is 28.5 Å². The number of aliphatic carboxylic acids is 1. The summed E-state index contributed by atoms with van der Waals surface area (Å²) in [5, 5.41) is 8.65. The van der Waals surface area contributed by atoms with Crippen molar-refractivity contribution >= 4 is 5.97 Å². The lowest BCUT2D eigenvalue weighted by molar-refractivity contribution is -0.148. The molecule has 132 valence electrons. The van der Waals surface area contributed by atoms with Gasteiger partial charge in [0.25, 0.3) is 0 Å². The van der Waals surface area contributed by atoms with Gasteiger partial charge < -0.3 is 28.8 Å². The number of rotatable bonds is 17. The van der Waals surface area contributed by atoms with Crippen LogP contribution in [0.1, 0.15) is 26.7 Å². The van der Waals surface area contributed by atoms with E-state index in [2.05, 4.69) is 0 Å². The van der Waals surface area contributed by atoms with E-state index in [0.717, 1.165) is 12.8 Å². The predicted molar refractivity (Wildman–Crippen MR) is 81.2 cm³/mol. The minimum atomic E-state index is -1.01. The summed E-state index contributed by atoms with van der Waals surface area (Å²) in [6.45, 7) is 7.63. The third kappa shape index (κ3) is 15.7. The lowest BCUT2D eigenvalue weighted by Crippen LogP contribution is -2.29. The summed E-state index contributed by atoms with van der Waals surface area (Å²) < 4.78 is 26.6. The van der Waals surface area contributed by atoms with E-state index in [0.29, 0.717) is 39.6 Å². The Morgan fingerprint density at radius 2 is 1.27 bits per heavy atom. The largest absolute Gasteiger partial charge is 0.480 e. The highest BCUT2D eigenvalue weighted by atomic mass is 16.6. The SMILES string of the molecule is CCCOCCOCC(COCCOCCC)OCC(=O)O. The van der Waals surface area contributed by atoms with Crippen molar-refractivity contribution in [3.8, 4) is 0 Å². The maximum absolute atomic E-state index is 10.6. The highest BCUT2D eigenvalue weighted by Gasteiger charge is 2.12. The van der Waals surface area contributed by atoms with Gasteiger partial charge in [-0.05, 0) is 12.8 Å². The Bertz CT molecular complexity index is 232. The van der Waals surface area contributed by atoms with E-state index in [-0.39, 0.29) is 19.8 Å². The molecule has 0 rings (SSSR count). The van der Waals surface area contributed by atoms with Crippen molar-refractivity contribution in [1.29, 1.82) is 0 Å². The molecule has 0 aromatic rings. The van der Waals surface area contributed by atoms with E-state index in [1.54, 1.807) is 0 Å². The fourth-order valence-corrected chi connectivity index (χ4v) is 1.49. The van der Waals surface area contributed by atoms with Crippen molar-refractivity contribution < 1.29 is 33.6 Å². The molecule has 0 unspecified atom stereocenters. The first-order chi connectivity index (χ1) is 10.7. The van der Waals surface area contributed by atoms with Gasteiger partial charge in [-0.2, -0.15) is 0 Å². The van der Waals surface area contributed by atoms with Gasteiger partial charge in [0.2, 0.25) is 0 Å². The first-order valence-electron chi connectivity index (χ1n) is 7.85. The normalized spacial score (nSPS) is 11.2. The van der Waals surface area contributed by atoms with Crippen LogP contribution >= 0.6 is 0 Å². The Morgan fingerprint density at radius 1 is 0.818 bits per heavy atom. The smallest absolute Gasteiger partial charge is 0.329 e. The molecule has 7 heteroatoms. The third-order valence-corrected chi connectivity index (χ3v) is 2.49. The Morgan fingerprint density at radius 3 is 1.68 bits per heavy atom. The molecule has 0 spiro atoms. The van der Waals surface area contributed by atoms with Crippen LogP contribution in [0, 0.1) is 0 Å². The predicted octanol–water partition coefficient (Wildman–Crippen LogP) is 1.34. The summed E-state index contributed by atoms with van der Waals surface area (Å²) in [7, 11) is 0. The van der Waals surface area contributed by atoms with Gasteiger partial charge in [-0.15, -0.1) is 0 Å². The summed E-state index contributed by atoms with van der Waals surface area (Å²) in [6.07, 6.45) is 1.53. The molecule has 0 aromatic heterocycles. The lowest BCUT2D eigenvalue weighted by Gasteiger charge is -2.17. The van der Waals surface area contributed by atoms with Gasteiger partial charge in [0.05, 0.1) is 39.6 Å². The maximum Gasteiger partial charge on any atom is 0.329 e. The average molecular weight is 322 g/mol. The second-order valence-electron chi connectivity index (χ2n) is 4.70. The molecule has 0 aliphatic carbocycles. The van der Waals surface area contributed by atoms with Gasteiger partial charge in [-0.1, -0.05) is 13.8 Å². The molecular formula is C15H30O7. The molecule has 0 amide bonds. The highest BCUT2D eigenvalue weighted by molar-refractivity contribution is 5.68. The van der Waals surface area contributed by atoms with Gasteiger partial charge in [0.1, 0.15) is 12.7 Å². The highest BCUT2D eigenvalue weighted by Crippen LogP contribution is 1.97. The molecule has 1 N–H and O–H groups in total. The van der Waals surface area contributed by atoms with Crippen LogP contribution in [0.25, 0.3) is 0 Å². The van der Waals surface area contributed by atoms with Crippen molar-refractivity contribution in [3.05, 3.63) is 0 Å². The van der Waals surface area contributed by atoms with Crippen molar-refractivity contribution in [2.75, 3.05) is 59.5 Å². The Labute approximate surface area is 132 Å². The molecule has 0 aliphatic heterocycles. The zero-order valence-electron chi connectivity index (χ0n) is 13.8. The van der Waals surface area contributed by atoms with Gasteiger partial charge >= 0.3 is 5.97 Å². The average Bonchev–Trinajstić information content (AvgIpc) is 2.50. The van der Waals surface area contributed by atoms with Crippen LogP contribution in [0.15, 0.2) is 0 Å². The number of ether oxygens (including phenoxy) is 5. The zero-order chi connectivity index (χ0) is 16.5. The zero-order valence-corrected chi connectivity index (χ0v) is 13.8.